The Bertz CT molecular complexity index is 457. The summed E-state index contributed by atoms with van der Waals surface area (Å²) in [5, 5.41) is 11.8. The zero-order chi connectivity index (χ0) is 13.5. The highest BCUT2D eigenvalue weighted by atomic mass is 35.5. The molecule has 0 spiro atoms. The smallest absolute Gasteiger partial charge is 0.261 e. The number of halogens is 1. The quantitative estimate of drug-likeness (QED) is 0.891. The van der Waals surface area contributed by atoms with Crippen molar-refractivity contribution in [1.82, 2.24) is 5.32 Å². The van der Waals surface area contributed by atoms with Crippen LogP contribution in [0.1, 0.15) is 20.3 Å². The second kappa shape index (κ2) is 6.87. The number of hydrogen-bond donors (Lipinski definition) is 1. The second-order valence-corrected chi connectivity index (χ2v) is 4.20. The lowest BCUT2D eigenvalue weighted by Gasteiger charge is -2.17. The topological polar surface area (TPSA) is 62.1 Å². The lowest BCUT2D eigenvalue weighted by molar-refractivity contribution is -0.127. The van der Waals surface area contributed by atoms with Crippen molar-refractivity contribution in [3.63, 3.8) is 0 Å². The first kappa shape index (κ1) is 14.3. The molecule has 0 aliphatic carbocycles. The molecule has 0 aromatic heterocycles. The minimum atomic E-state index is -0.702. The van der Waals surface area contributed by atoms with Gasteiger partial charge in [-0.2, -0.15) is 5.26 Å². The van der Waals surface area contributed by atoms with Crippen LogP contribution in [0.25, 0.3) is 0 Å². The van der Waals surface area contributed by atoms with E-state index in [1.807, 2.05) is 13.0 Å². The third-order valence-corrected chi connectivity index (χ3v) is 2.70. The van der Waals surface area contributed by atoms with Crippen LogP contribution in [-0.4, -0.2) is 18.1 Å². The monoisotopic (exact) mass is 266 g/mol. The Morgan fingerprint density at radius 2 is 2.22 bits per heavy atom. The van der Waals surface area contributed by atoms with Crippen LogP contribution in [0.15, 0.2) is 24.3 Å². The molecule has 4 nitrogen and oxygen atoms in total. The Morgan fingerprint density at radius 3 is 2.78 bits per heavy atom. The molecule has 96 valence electrons. The van der Waals surface area contributed by atoms with Crippen LogP contribution in [-0.2, 0) is 4.79 Å². The van der Waals surface area contributed by atoms with Crippen molar-refractivity contribution in [2.24, 2.45) is 0 Å². The van der Waals surface area contributed by atoms with Gasteiger partial charge in [0, 0.05) is 0 Å². The van der Waals surface area contributed by atoms with E-state index < -0.39 is 12.1 Å². The maximum atomic E-state index is 11.8. The molecule has 0 saturated carbocycles. The standard InChI is InChI=1S/C13H15ClN2O2/c1-3-10(8-15)16-13(17)9(2)18-12-7-5-4-6-11(12)14/h4-7,9-10H,3H2,1-2H3,(H,16,17)/t9-,10-/m1/s1. The molecule has 0 aliphatic rings. The molecular formula is C13H15ClN2O2. The van der Waals surface area contributed by atoms with Crippen molar-refractivity contribution < 1.29 is 9.53 Å². The first-order valence-corrected chi connectivity index (χ1v) is 6.07. The predicted molar refractivity (Wildman–Crippen MR) is 69.4 cm³/mol. The van der Waals surface area contributed by atoms with Gasteiger partial charge < -0.3 is 10.1 Å². The summed E-state index contributed by atoms with van der Waals surface area (Å²) in [5.41, 5.74) is 0. The summed E-state index contributed by atoms with van der Waals surface area (Å²) in [5.74, 6) is 0.121. The zero-order valence-corrected chi connectivity index (χ0v) is 11.1. The minimum Gasteiger partial charge on any atom is -0.479 e. The van der Waals surface area contributed by atoms with Crippen molar-refractivity contribution >= 4 is 17.5 Å². The number of rotatable bonds is 5. The summed E-state index contributed by atoms with van der Waals surface area (Å²) in [4.78, 5) is 11.8. The molecule has 0 unspecified atom stereocenters. The number of carbonyl (C=O) groups is 1. The van der Waals surface area contributed by atoms with Gasteiger partial charge in [0.15, 0.2) is 6.10 Å². The van der Waals surface area contributed by atoms with Gasteiger partial charge in [0.1, 0.15) is 11.8 Å². The summed E-state index contributed by atoms with van der Waals surface area (Å²) in [6.07, 6.45) is -0.145. The zero-order valence-electron chi connectivity index (χ0n) is 10.3. The molecule has 1 aromatic carbocycles. The molecule has 0 aliphatic heterocycles. The molecule has 0 saturated heterocycles. The first-order chi connectivity index (χ1) is 8.58. The summed E-state index contributed by atoms with van der Waals surface area (Å²) in [6.45, 7) is 3.44. The van der Waals surface area contributed by atoms with Gasteiger partial charge in [-0.05, 0) is 25.5 Å². The highest BCUT2D eigenvalue weighted by Gasteiger charge is 2.18. The fourth-order valence-electron chi connectivity index (χ4n) is 1.30. The fourth-order valence-corrected chi connectivity index (χ4v) is 1.48. The lowest BCUT2D eigenvalue weighted by Crippen LogP contribution is -2.41. The largest absolute Gasteiger partial charge is 0.479 e. The van der Waals surface area contributed by atoms with E-state index in [0.717, 1.165) is 0 Å². The van der Waals surface area contributed by atoms with Crippen LogP contribution in [0.4, 0.5) is 0 Å². The van der Waals surface area contributed by atoms with E-state index in [9.17, 15) is 4.79 Å². The lowest BCUT2D eigenvalue weighted by atomic mass is 10.2. The molecule has 1 rings (SSSR count). The Balaban J connectivity index is 2.61. The number of ether oxygens (including phenoxy) is 1. The van der Waals surface area contributed by atoms with E-state index in [2.05, 4.69) is 5.32 Å². The number of amides is 1. The van der Waals surface area contributed by atoms with Gasteiger partial charge in [0.2, 0.25) is 0 Å². The number of nitrogens with one attached hydrogen (secondary N) is 1. The van der Waals surface area contributed by atoms with Gasteiger partial charge in [0.05, 0.1) is 11.1 Å². The highest BCUT2D eigenvalue weighted by molar-refractivity contribution is 6.32. The third-order valence-electron chi connectivity index (χ3n) is 2.39. The van der Waals surface area contributed by atoms with Gasteiger partial charge in [-0.25, -0.2) is 0 Å². The van der Waals surface area contributed by atoms with E-state index in [0.29, 0.717) is 17.2 Å². The summed E-state index contributed by atoms with van der Waals surface area (Å²) in [7, 11) is 0. The maximum Gasteiger partial charge on any atom is 0.261 e. The van der Waals surface area contributed by atoms with E-state index in [-0.39, 0.29) is 5.91 Å². The normalized spacial score (nSPS) is 13.2. The Labute approximate surface area is 112 Å². The summed E-state index contributed by atoms with van der Waals surface area (Å²) >= 11 is 5.92. The van der Waals surface area contributed by atoms with Crippen LogP contribution in [0, 0.1) is 11.3 Å². The Hall–Kier alpha value is -1.73. The molecule has 0 bridgehead atoms. The van der Waals surface area contributed by atoms with Crippen LogP contribution in [0.3, 0.4) is 0 Å². The molecular weight excluding hydrogens is 252 g/mol. The van der Waals surface area contributed by atoms with Crippen LogP contribution >= 0.6 is 11.6 Å². The molecule has 18 heavy (non-hydrogen) atoms. The molecule has 1 N–H and O–H groups in total. The summed E-state index contributed by atoms with van der Waals surface area (Å²) < 4.78 is 5.44. The number of hydrogen-bond acceptors (Lipinski definition) is 3. The second-order valence-electron chi connectivity index (χ2n) is 3.79. The summed E-state index contributed by atoms with van der Waals surface area (Å²) in [6, 6.07) is 8.44. The van der Waals surface area contributed by atoms with Crippen molar-refractivity contribution in [3.8, 4) is 11.8 Å². The average Bonchev–Trinajstić information content (AvgIpc) is 2.38. The van der Waals surface area contributed by atoms with Crippen molar-refractivity contribution in [1.29, 1.82) is 5.26 Å². The first-order valence-electron chi connectivity index (χ1n) is 5.69. The van der Waals surface area contributed by atoms with Crippen molar-refractivity contribution in [2.75, 3.05) is 0 Å². The SMILES string of the molecule is CC[C@H](C#N)NC(=O)[C@@H](C)Oc1ccccc1Cl. The van der Waals surface area contributed by atoms with Gasteiger partial charge in [-0.15, -0.1) is 0 Å². The van der Waals surface area contributed by atoms with E-state index in [1.54, 1.807) is 31.2 Å². The number of nitriles is 1. The average molecular weight is 267 g/mol. The number of para-hydroxylation sites is 1. The van der Waals surface area contributed by atoms with E-state index in [1.165, 1.54) is 0 Å². The van der Waals surface area contributed by atoms with E-state index in [4.69, 9.17) is 21.6 Å². The Kier molecular flexibility index (Phi) is 5.47. The van der Waals surface area contributed by atoms with Crippen molar-refractivity contribution in [3.05, 3.63) is 29.3 Å². The molecule has 0 radical (unpaired) electrons. The molecule has 5 heteroatoms. The van der Waals surface area contributed by atoms with Gasteiger partial charge >= 0.3 is 0 Å². The van der Waals surface area contributed by atoms with Crippen LogP contribution < -0.4 is 10.1 Å². The third kappa shape index (κ3) is 3.94. The predicted octanol–water partition coefficient (Wildman–Crippen LogP) is 2.53. The molecule has 0 heterocycles. The fraction of sp³-hybridized carbons (Fsp3) is 0.385. The number of nitrogens with zero attached hydrogens (tertiary/aromatic N) is 1. The molecule has 1 amide bonds. The van der Waals surface area contributed by atoms with E-state index >= 15 is 0 Å². The van der Waals surface area contributed by atoms with Crippen LogP contribution in [0.5, 0.6) is 5.75 Å². The molecule has 1 aromatic rings. The number of benzene rings is 1. The highest BCUT2D eigenvalue weighted by Crippen LogP contribution is 2.24. The van der Waals surface area contributed by atoms with Crippen molar-refractivity contribution in [2.45, 2.75) is 32.4 Å². The molecule has 2 atom stereocenters. The van der Waals surface area contributed by atoms with Gasteiger partial charge in [-0.3, -0.25) is 4.79 Å². The minimum absolute atomic E-state index is 0.330. The van der Waals surface area contributed by atoms with Gasteiger partial charge in [-0.1, -0.05) is 30.7 Å². The molecule has 0 fully saturated rings. The Morgan fingerprint density at radius 1 is 1.56 bits per heavy atom. The number of carbonyl (C=O) groups excluding carboxylic acids is 1. The maximum absolute atomic E-state index is 11.8. The van der Waals surface area contributed by atoms with Crippen LogP contribution in [0.2, 0.25) is 5.02 Å². The van der Waals surface area contributed by atoms with Gasteiger partial charge in [0.25, 0.3) is 5.91 Å².